The van der Waals surface area contributed by atoms with E-state index in [9.17, 15) is 4.79 Å². The van der Waals surface area contributed by atoms with Gasteiger partial charge in [0.2, 0.25) is 11.9 Å². The average molecular weight is 403 g/mol. The number of carbonyl (C=O) groups excluding carboxylic acids is 1. The number of benzene rings is 2. The number of hydrogen-bond donors (Lipinski definition) is 2. The molecule has 0 aliphatic carbocycles. The van der Waals surface area contributed by atoms with Crippen molar-refractivity contribution in [2.75, 3.05) is 24.9 Å². The van der Waals surface area contributed by atoms with Crippen molar-refractivity contribution in [3.05, 3.63) is 60.7 Å². The summed E-state index contributed by atoms with van der Waals surface area (Å²) < 4.78 is 12.5. The summed E-state index contributed by atoms with van der Waals surface area (Å²) >= 11 is 0. The van der Waals surface area contributed by atoms with Gasteiger partial charge in [-0.15, -0.1) is 5.10 Å². The molecule has 2 N–H and O–H groups in total. The summed E-state index contributed by atoms with van der Waals surface area (Å²) in [4.78, 5) is 15.7. The lowest BCUT2D eigenvalue weighted by atomic mass is 10.1. The third-order valence-electron chi connectivity index (χ3n) is 4.50. The number of aromatic nitrogens is 3. The van der Waals surface area contributed by atoms with Crippen LogP contribution in [0.15, 0.2) is 60.7 Å². The predicted molar refractivity (Wildman–Crippen MR) is 116 cm³/mol. The minimum absolute atomic E-state index is 0.111. The van der Waals surface area contributed by atoms with Gasteiger partial charge in [-0.2, -0.15) is 4.98 Å². The highest BCUT2D eigenvalue weighted by atomic mass is 16.5. The molecule has 2 aromatic heterocycles. The lowest BCUT2D eigenvalue weighted by Crippen LogP contribution is -2.05. The molecule has 2 heterocycles. The normalized spacial score (nSPS) is 10.6. The molecule has 0 saturated carbocycles. The molecule has 2 aromatic carbocycles. The zero-order valence-electron chi connectivity index (χ0n) is 16.8. The van der Waals surface area contributed by atoms with Crippen molar-refractivity contribution >= 4 is 28.9 Å². The number of hydrogen-bond acceptors (Lipinski definition) is 6. The van der Waals surface area contributed by atoms with Gasteiger partial charge in [0.1, 0.15) is 0 Å². The highest BCUT2D eigenvalue weighted by molar-refractivity contribution is 5.88. The molecule has 0 spiro atoms. The van der Waals surface area contributed by atoms with E-state index < -0.39 is 0 Å². The topological polar surface area (TPSA) is 89.8 Å². The maximum atomic E-state index is 11.1. The van der Waals surface area contributed by atoms with Crippen molar-refractivity contribution in [3.63, 3.8) is 0 Å². The van der Waals surface area contributed by atoms with E-state index in [0.717, 1.165) is 22.6 Å². The Hall–Kier alpha value is -4.07. The van der Waals surface area contributed by atoms with Crippen LogP contribution in [0.4, 0.5) is 17.3 Å². The fourth-order valence-electron chi connectivity index (χ4n) is 3.14. The van der Waals surface area contributed by atoms with Gasteiger partial charge in [0.25, 0.3) is 0 Å². The van der Waals surface area contributed by atoms with Crippen molar-refractivity contribution in [2.24, 2.45) is 0 Å². The molecule has 1 amide bonds. The molecule has 0 bridgehead atoms. The van der Waals surface area contributed by atoms with E-state index in [-0.39, 0.29) is 5.91 Å². The molecular weight excluding hydrogens is 382 g/mol. The standard InChI is InChI=1S/C22H21N5O3/c1-14(28)23-16-8-10-17(11-9-16)24-22-25-21-6-4-5-18(27(21)26-22)15-7-12-19(29-2)20(13-15)30-3/h4-13H,1-3H3,(H,23,28)(H,24,26). The average Bonchev–Trinajstić information content (AvgIpc) is 3.16. The zero-order chi connectivity index (χ0) is 21.1. The van der Waals surface area contributed by atoms with Gasteiger partial charge in [0, 0.05) is 23.9 Å². The van der Waals surface area contributed by atoms with Gasteiger partial charge in [-0.1, -0.05) is 6.07 Å². The SMILES string of the molecule is COc1ccc(-c2cccc3nc(Nc4ccc(NC(C)=O)cc4)nn23)cc1OC. The van der Waals surface area contributed by atoms with Crippen LogP contribution in [0.3, 0.4) is 0 Å². The van der Waals surface area contributed by atoms with Crippen LogP contribution in [-0.4, -0.2) is 34.7 Å². The summed E-state index contributed by atoms with van der Waals surface area (Å²) in [5, 5.41) is 10.5. The second-order valence-electron chi connectivity index (χ2n) is 6.57. The first kappa shape index (κ1) is 19.3. The van der Waals surface area contributed by atoms with Gasteiger partial charge < -0.3 is 20.1 Å². The number of methoxy groups -OCH3 is 2. The summed E-state index contributed by atoms with van der Waals surface area (Å²) in [6, 6.07) is 18.8. The molecule has 0 fully saturated rings. The molecule has 0 unspecified atom stereocenters. The van der Waals surface area contributed by atoms with Gasteiger partial charge in [-0.05, 0) is 54.6 Å². The molecule has 0 aliphatic rings. The largest absolute Gasteiger partial charge is 0.493 e. The number of ether oxygens (including phenoxy) is 2. The Kier molecular flexibility index (Phi) is 5.21. The lowest BCUT2D eigenvalue weighted by Gasteiger charge is -2.10. The molecule has 4 rings (SSSR count). The second kappa shape index (κ2) is 8.12. The number of nitrogens with one attached hydrogen (secondary N) is 2. The Balaban J connectivity index is 1.65. The molecule has 0 radical (unpaired) electrons. The monoisotopic (exact) mass is 403 g/mol. The van der Waals surface area contributed by atoms with Crippen LogP contribution in [0.5, 0.6) is 11.5 Å². The number of fused-ring (bicyclic) bond motifs is 1. The van der Waals surface area contributed by atoms with E-state index >= 15 is 0 Å². The van der Waals surface area contributed by atoms with E-state index in [1.54, 1.807) is 18.7 Å². The van der Waals surface area contributed by atoms with Gasteiger partial charge in [0.05, 0.1) is 19.9 Å². The van der Waals surface area contributed by atoms with E-state index in [1.807, 2.05) is 60.7 Å². The van der Waals surface area contributed by atoms with E-state index in [2.05, 4.69) is 20.7 Å². The van der Waals surface area contributed by atoms with Crippen molar-refractivity contribution in [1.82, 2.24) is 14.6 Å². The number of anilines is 3. The number of nitrogens with zero attached hydrogens (tertiary/aromatic N) is 3. The summed E-state index contributed by atoms with van der Waals surface area (Å²) in [5.74, 6) is 1.66. The van der Waals surface area contributed by atoms with E-state index in [0.29, 0.717) is 23.1 Å². The Morgan fingerprint density at radius 3 is 2.37 bits per heavy atom. The van der Waals surface area contributed by atoms with Crippen LogP contribution < -0.4 is 20.1 Å². The Morgan fingerprint density at radius 1 is 0.933 bits per heavy atom. The van der Waals surface area contributed by atoms with Crippen molar-refractivity contribution in [3.8, 4) is 22.8 Å². The molecule has 30 heavy (non-hydrogen) atoms. The maximum absolute atomic E-state index is 11.1. The smallest absolute Gasteiger partial charge is 0.247 e. The lowest BCUT2D eigenvalue weighted by molar-refractivity contribution is -0.114. The number of carbonyl (C=O) groups is 1. The Morgan fingerprint density at radius 2 is 1.67 bits per heavy atom. The molecule has 0 saturated heterocycles. The maximum Gasteiger partial charge on any atom is 0.247 e. The van der Waals surface area contributed by atoms with Crippen molar-refractivity contribution in [1.29, 1.82) is 0 Å². The quantitative estimate of drug-likeness (QED) is 0.503. The first-order chi connectivity index (χ1) is 14.6. The summed E-state index contributed by atoms with van der Waals surface area (Å²) in [6.45, 7) is 1.47. The zero-order valence-corrected chi connectivity index (χ0v) is 16.8. The molecule has 8 nitrogen and oxygen atoms in total. The minimum Gasteiger partial charge on any atom is -0.493 e. The van der Waals surface area contributed by atoms with Crippen LogP contribution in [0.2, 0.25) is 0 Å². The molecule has 4 aromatic rings. The first-order valence-corrected chi connectivity index (χ1v) is 9.30. The fraction of sp³-hybridized carbons (Fsp3) is 0.136. The van der Waals surface area contributed by atoms with Gasteiger partial charge in [0.15, 0.2) is 17.1 Å². The van der Waals surface area contributed by atoms with Crippen LogP contribution in [-0.2, 0) is 4.79 Å². The van der Waals surface area contributed by atoms with E-state index in [1.165, 1.54) is 6.92 Å². The van der Waals surface area contributed by atoms with Crippen LogP contribution in [0.25, 0.3) is 16.9 Å². The Labute approximate surface area is 173 Å². The fourth-order valence-corrected chi connectivity index (χ4v) is 3.14. The molecule has 8 heteroatoms. The Bertz CT molecular complexity index is 1200. The van der Waals surface area contributed by atoms with Crippen molar-refractivity contribution in [2.45, 2.75) is 6.92 Å². The van der Waals surface area contributed by atoms with Gasteiger partial charge in [-0.3, -0.25) is 4.79 Å². The third-order valence-corrected chi connectivity index (χ3v) is 4.50. The van der Waals surface area contributed by atoms with Gasteiger partial charge in [-0.25, -0.2) is 4.52 Å². The highest BCUT2D eigenvalue weighted by Crippen LogP contribution is 2.32. The predicted octanol–water partition coefficient (Wildman–Crippen LogP) is 4.12. The van der Waals surface area contributed by atoms with Crippen LogP contribution in [0, 0.1) is 0 Å². The summed E-state index contributed by atoms with van der Waals surface area (Å²) in [7, 11) is 3.22. The highest BCUT2D eigenvalue weighted by Gasteiger charge is 2.12. The molecule has 0 atom stereocenters. The van der Waals surface area contributed by atoms with Crippen LogP contribution in [0.1, 0.15) is 6.92 Å². The molecule has 0 aliphatic heterocycles. The molecular formula is C22H21N5O3. The third kappa shape index (κ3) is 3.88. The second-order valence-corrected chi connectivity index (χ2v) is 6.57. The number of amides is 1. The first-order valence-electron chi connectivity index (χ1n) is 9.30. The molecule has 152 valence electrons. The number of rotatable bonds is 6. The van der Waals surface area contributed by atoms with E-state index in [4.69, 9.17) is 9.47 Å². The minimum atomic E-state index is -0.111. The van der Waals surface area contributed by atoms with Crippen LogP contribution >= 0.6 is 0 Å². The van der Waals surface area contributed by atoms with Crippen molar-refractivity contribution < 1.29 is 14.3 Å². The number of pyridine rings is 1. The summed E-state index contributed by atoms with van der Waals surface area (Å²) in [5.41, 5.74) is 4.04. The summed E-state index contributed by atoms with van der Waals surface area (Å²) in [6.07, 6.45) is 0. The van der Waals surface area contributed by atoms with Gasteiger partial charge >= 0.3 is 0 Å².